The molecular weight excluding hydrogens is 288 g/mol. The van der Waals surface area contributed by atoms with Crippen LogP contribution in [0.3, 0.4) is 0 Å². The lowest BCUT2D eigenvalue weighted by Gasteiger charge is -2.13. The second-order valence-electron chi connectivity index (χ2n) is 5.54. The summed E-state index contributed by atoms with van der Waals surface area (Å²) >= 11 is 0. The highest BCUT2D eigenvalue weighted by Gasteiger charge is 2.34. The molecule has 0 bridgehead atoms. The number of carbonyl (C=O) groups excluding carboxylic acids is 2. The number of carbonyl (C=O) groups is 2. The van der Waals surface area contributed by atoms with Gasteiger partial charge in [0.2, 0.25) is 0 Å². The van der Waals surface area contributed by atoms with E-state index in [1.807, 2.05) is 42.5 Å². The number of ketones is 1. The quantitative estimate of drug-likeness (QED) is 0.797. The highest BCUT2D eigenvalue weighted by molar-refractivity contribution is 6.21. The molecule has 0 spiro atoms. The Hall–Kier alpha value is -2.75. The number of amides is 1. The number of hydrazone groups is 1. The van der Waals surface area contributed by atoms with Crippen molar-refractivity contribution >= 4 is 23.6 Å². The number of hydrogen-bond acceptors (Lipinski definition) is 3. The zero-order valence-electron chi connectivity index (χ0n) is 13.0. The zero-order chi connectivity index (χ0) is 16.2. The maximum Gasteiger partial charge on any atom is 0.263 e. The highest BCUT2D eigenvalue weighted by Crippen LogP contribution is 2.22. The molecular formula is C19H18N2O2. The average molecular weight is 306 g/mol. The first kappa shape index (κ1) is 15.2. The molecule has 3 rings (SSSR count). The molecule has 4 nitrogen and oxygen atoms in total. The van der Waals surface area contributed by atoms with E-state index >= 15 is 0 Å². The van der Waals surface area contributed by atoms with Gasteiger partial charge in [0, 0.05) is 12.6 Å². The Labute approximate surface area is 135 Å². The van der Waals surface area contributed by atoms with Gasteiger partial charge in [-0.15, -0.1) is 0 Å². The van der Waals surface area contributed by atoms with Gasteiger partial charge in [-0.1, -0.05) is 49.4 Å². The first-order valence-corrected chi connectivity index (χ1v) is 7.72. The Bertz CT molecular complexity index is 753. The number of benzene rings is 2. The fourth-order valence-corrected chi connectivity index (χ4v) is 2.64. The van der Waals surface area contributed by atoms with E-state index in [4.69, 9.17) is 0 Å². The Morgan fingerprint density at radius 2 is 1.83 bits per heavy atom. The van der Waals surface area contributed by atoms with Crippen LogP contribution in [0.2, 0.25) is 0 Å². The van der Waals surface area contributed by atoms with E-state index in [2.05, 4.69) is 12.0 Å². The third-order valence-electron chi connectivity index (χ3n) is 3.93. The van der Waals surface area contributed by atoms with Crippen molar-refractivity contribution in [1.82, 2.24) is 0 Å². The van der Waals surface area contributed by atoms with Crippen LogP contribution in [0, 0.1) is 5.92 Å². The van der Waals surface area contributed by atoms with Crippen LogP contribution in [0.25, 0.3) is 0 Å². The van der Waals surface area contributed by atoms with Crippen molar-refractivity contribution < 1.29 is 9.59 Å². The van der Waals surface area contributed by atoms with Crippen molar-refractivity contribution in [2.24, 2.45) is 11.0 Å². The summed E-state index contributed by atoms with van der Waals surface area (Å²) in [7, 11) is 0. The molecule has 1 amide bonds. The fourth-order valence-electron chi connectivity index (χ4n) is 2.64. The number of aryl methyl sites for hydroxylation is 1. The Balaban J connectivity index is 1.72. The number of hydrogen-bond donors (Lipinski definition) is 0. The molecule has 2 aromatic rings. The molecule has 116 valence electrons. The van der Waals surface area contributed by atoms with Crippen LogP contribution in [0.15, 0.2) is 59.7 Å². The molecule has 1 atom stereocenters. The van der Waals surface area contributed by atoms with Gasteiger partial charge in [0.15, 0.2) is 5.78 Å². The molecule has 1 heterocycles. The summed E-state index contributed by atoms with van der Waals surface area (Å²) in [5.74, 6) is -1.20. The Morgan fingerprint density at radius 1 is 1.09 bits per heavy atom. The minimum atomic E-state index is -0.791. The minimum Gasteiger partial charge on any atom is -0.298 e. The number of anilines is 1. The van der Waals surface area contributed by atoms with E-state index in [1.54, 1.807) is 12.1 Å². The lowest BCUT2D eigenvalue weighted by atomic mass is 9.97. The van der Waals surface area contributed by atoms with Crippen LogP contribution >= 0.6 is 0 Å². The van der Waals surface area contributed by atoms with Crippen LogP contribution in [0.5, 0.6) is 0 Å². The molecule has 0 radical (unpaired) electrons. The van der Waals surface area contributed by atoms with Gasteiger partial charge < -0.3 is 0 Å². The molecule has 4 heteroatoms. The normalized spacial score (nSPS) is 16.8. The third kappa shape index (κ3) is 3.21. The molecule has 0 N–H and O–H groups in total. The van der Waals surface area contributed by atoms with Crippen LogP contribution in [0.4, 0.5) is 5.69 Å². The van der Waals surface area contributed by atoms with Crippen molar-refractivity contribution in [3.8, 4) is 0 Å². The SMILES string of the molecule is CCc1cccc(CC(=O)C2C=NN(c3ccccc3)C2=O)c1. The van der Waals surface area contributed by atoms with Crippen LogP contribution in [0.1, 0.15) is 18.1 Å². The summed E-state index contributed by atoms with van der Waals surface area (Å²) in [6.45, 7) is 2.08. The maximum absolute atomic E-state index is 12.5. The van der Waals surface area contributed by atoms with E-state index in [-0.39, 0.29) is 18.1 Å². The van der Waals surface area contributed by atoms with E-state index in [0.29, 0.717) is 5.69 Å². The van der Waals surface area contributed by atoms with Gasteiger partial charge in [0.05, 0.1) is 5.69 Å². The summed E-state index contributed by atoms with van der Waals surface area (Å²) in [5, 5.41) is 5.40. The molecule has 1 aliphatic heterocycles. The second kappa shape index (κ2) is 6.57. The van der Waals surface area contributed by atoms with Gasteiger partial charge in [-0.2, -0.15) is 5.10 Å². The summed E-state index contributed by atoms with van der Waals surface area (Å²) in [6, 6.07) is 17.1. The number of nitrogens with zero attached hydrogens (tertiary/aromatic N) is 2. The molecule has 2 aromatic carbocycles. The molecule has 0 saturated heterocycles. The van der Waals surface area contributed by atoms with Crippen molar-refractivity contribution in [3.63, 3.8) is 0 Å². The maximum atomic E-state index is 12.5. The molecule has 0 aliphatic carbocycles. The second-order valence-corrected chi connectivity index (χ2v) is 5.54. The first-order chi connectivity index (χ1) is 11.2. The third-order valence-corrected chi connectivity index (χ3v) is 3.93. The predicted octanol–water partition coefficient (Wildman–Crippen LogP) is 3.01. The Kier molecular flexibility index (Phi) is 4.33. The Morgan fingerprint density at radius 3 is 2.57 bits per heavy atom. The molecule has 1 aliphatic rings. The van der Waals surface area contributed by atoms with E-state index in [9.17, 15) is 9.59 Å². The number of Topliss-reactive ketones (excluding diaryl/α,β-unsaturated/α-hetero) is 1. The standard InChI is InChI=1S/C19H18N2O2/c1-2-14-7-6-8-15(11-14)12-18(22)17-13-20-21(19(17)23)16-9-4-3-5-10-16/h3-11,13,17H,2,12H2,1H3. The lowest BCUT2D eigenvalue weighted by molar-refractivity contribution is -0.128. The first-order valence-electron chi connectivity index (χ1n) is 7.72. The summed E-state index contributed by atoms with van der Waals surface area (Å²) in [4.78, 5) is 24.9. The van der Waals surface area contributed by atoms with Gasteiger partial charge in [0.25, 0.3) is 5.91 Å². The number of rotatable bonds is 5. The average Bonchev–Trinajstić information content (AvgIpc) is 2.97. The van der Waals surface area contributed by atoms with Gasteiger partial charge in [-0.3, -0.25) is 9.59 Å². The minimum absolute atomic E-state index is 0.120. The summed E-state index contributed by atoms with van der Waals surface area (Å²) < 4.78 is 0. The predicted molar refractivity (Wildman–Crippen MR) is 90.4 cm³/mol. The van der Waals surface area contributed by atoms with E-state index in [1.165, 1.54) is 16.8 Å². The zero-order valence-corrected chi connectivity index (χ0v) is 13.0. The molecule has 0 saturated carbocycles. The van der Waals surface area contributed by atoms with Crippen LogP contribution in [-0.2, 0) is 22.4 Å². The summed E-state index contributed by atoms with van der Waals surface area (Å²) in [6.07, 6.45) is 2.62. The van der Waals surface area contributed by atoms with Gasteiger partial charge >= 0.3 is 0 Å². The smallest absolute Gasteiger partial charge is 0.263 e. The molecule has 0 aromatic heterocycles. The van der Waals surface area contributed by atoms with Gasteiger partial charge in [-0.05, 0) is 29.7 Å². The van der Waals surface area contributed by atoms with Crippen LogP contribution in [-0.4, -0.2) is 17.9 Å². The van der Waals surface area contributed by atoms with E-state index in [0.717, 1.165) is 12.0 Å². The monoisotopic (exact) mass is 306 g/mol. The topological polar surface area (TPSA) is 49.7 Å². The fraction of sp³-hybridized carbons (Fsp3) is 0.211. The van der Waals surface area contributed by atoms with Crippen molar-refractivity contribution in [2.75, 3.05) is 5.01 Å². The molecule has 0 fully saturated rings. The molecule has 1 unspecified atom stereocenters. The van der Waals surface area contributed by atoms with Crippen molar-refractivity contribution in [3.05, 3.63) is 65.7 Å². The molecule has 23 heavy (non-hydrogen) atoms. The largest absolute Gasteiger partial charge is 0.298 e. The highest BCUT2D eigenvalue weighted by atomic mass is 16.2. The number of para-hydroxylation sites is 1. The van der Waals surface area contributed by atoms with Crippen molar-refractivity contribution in [1.29, 1.82) is 0 Å². The van der Waals surface area contributed by atoms with E-state index < -0.39 is 5.92 Å². The van der Waals surface area contributed by atoms with Crippen molar-refractivity contribution in [2.45, 2.75) is 19.8 Å². The van der Waals surface area contributed by atoms with Gasteiger partial charge in [0.1, 0.15) is 5.92 Å². The lowest BCUT2D eigenvalue weighted by Crippen LogP contribution is -2.31. The van der Waals surface area contributed by atoms with Crippen LogP contribution < -0.4 is 5.01 Å². The van der Waals surface area contributed by atoms with Gasteiger partial charge in [-0.25, -0.2) is 5.01 Å². The summed E-state index contributed by atoms with van der Waals surface area (Å²) in [5.41, 5.74) is 2.80.